The average molecular weight is 262 g/mol. The van der Waals surface area contributed by atoms with Crippen molar-refractivity contribution >= 4 is 17.9 Å². The summed E-state index contributed by atoms with van der Waals surface area (Å²) < 4.78 is 2.10. The summed E-state index contributed by atoms with van der Waals surface area (Å²) >= 11 is 0. The molecule has 0 bridgehead atoms. The van der Waals surface area contributed by atoms with Gasteiger partial charge in [-0.3, -0.25) is 0 Å². The van der Waals surface area contributed by atoms with Crippen molar-refractivity contribution in [3.8, 4) is 0 Å². The van der Waals surface area contributed by atoms with Crippen molar-refractivity contribution in [2.24, 2.45) is 0 Å². The number of hydrogen-bond acceptors (Lipinski definition) is 0. The van der Waals surface area contributed by atoms with Gasteiger partial charge < -0.3 is 0 Å². The van der Waals surface area contributed by atoms with Crippen molar-refractivity contribution in [3.05, 3.63) is 83.3 Å². The zero-order valence-corrected chi connectivity index (χ0v) is 12.1. The summed E-state index contributed by atoms with van der Waals surface area (Å²) in [5, 5.41) is 2.37. The summed E-state index contributed by atoms with van der Waals surface area (Å²) in [5.41, 5.74) is 2.42. The Morgan fingerprint density at radius 3 is 1.85 bits per heavy atom. The molecule has 1 aliphatic carbocycles. The van der Waals surface area contributed by atoms with E-state index in [1.165, 1.54) is 21.7 Å². The lowest BCUT2D eigenvalue weighted by atomic mass is 10.1. The molecule has 0 heterocycles. The van der Waals surface area contributed by atoms with E-state index in [-0.39, 0.29) is 0 Å². The molecule has 100 valence electrons. The van der Waals surface area contributed by atoms with E-state index < -0.39 is 0 Å². The Labute approximate surface area is 120 Å². The first-order valence-electron chi connectivity index (χ1n) is 6.70. The van der Waals surface area contributed by atoms with E-state index in [0.29, 0.717) is 0 Å². The molecule has 1 nitrogen and oxygen atoms in total. The predicted octanol–water partition coefficient (Wildman–Crippen LogP) is 2.20. The third kappa shape index (κ3) is 3.79. The predicted molar refractivity (Wildman–Crippen MR) is 88.3 cm³/mol. The van der Waals surface area contributed by atoms with Gasteiger partial charge in [-0.15, -0.1) is 0 Å². The highest BCUT2D eigenvalue weighted by Gasteiger charge is 2.02. The summed E-state index contributed by atoms with van der Waals surface area (Å²) in [4.78, 5) is 0. The van der Waals surface area contributed by atoms with Gasteiger partial charge in [-0.1, -0.05) is 55.1 Å². The van der Waals surface area contributed by atoms with Crippen LogP contribution in [-0.2, 0) is 0 Å². The average Bonchev–Trinajstić information content (AvgIpc) is 2.47. The molecule has 0 aromatic heterocycles. The van der Waals surface area contributed by atoms with Crippen molar-refractivity contribution in [1.82, 2.24) is 0 Å². The Bertz CT molecular complexity index is 695. The zero-order valence-electron chi connectivity index (χ0n) is 12.1. The molecule has 0 atom stereocenters. The molecule has 1 aromatic rings. The molecule has 0 aliphatic heterocycles. The Hall–Kier alpha value is -2.41. The molecule has 0 saturated carbocycles. The number of hydrogen-bond donors (Lipinski definition) is 0. The second kappa shape index (κ2) is 6.67. The number of nitrogens with zero attached hydrogens (tertiary/aromatic N) is 1. The summed E-state index contributed by atoms with van der Waals surface area (Å²) in [7, 11) is 4.10. The van der Waals surface area contributed by atoms with E-state index >= 15 is 0 Å². The van der Waals surface area contributed by atoms with Gasteiger partial charge in [0.05, 0.1) is 0 Å². The maximum absolute atomic E-state index is 3.70. The monoisotopic (exact) mass is 262 g/mol. The van der Waals surface area contributed by atoms with Crippen LogP contribution >= 0.6 is 0 Å². The van der Waals surface area contributed by atoms with Crippen molar-refractivity contribution in [2.75, 3.05) is 14.1 Å². The smallest absolute Gasteiger partial charge is 0.199 e. The van der Waals surface area contributed by atoms with Crippen LogP contribution in [-0.4, -0.2) is 24.4 Å². The van der Waals surface area contributed by atoms with Crippen LogP contribution in [0.1, 0.15) is 0 Å². The van der Waals surface area contributed by atoms with E-state index in [1.807, 2.05) is 20.2 Å². The maximum Gasteiger partial charge on any atom is 0.199 e. The van der Waals surface area contributed by atoms with Crippen LogP contribution in [0.25, 0.3) is 12.2 Å². The standard InChI is InChI=1S/C19H20N/c1-4-5-16-6-8-17(9-7-16)10-11-18-12-14-19(15-13-18)20(2)3/h4-15H,1H2,2-3H3/q+1. The largest absolute Gasteiger partial charge is 0.235 e. The van der Waals surface area contributed by atoms with E-state index in [4.69, 9.17) is 0 Å². The third-order valence-electron chi connectivity index (χ3n) is 3.12. The molecule has 0 N–H and O–H groups in total. The van der Waals surface area contributed by atoms with Gasteiger partial charge in [0.1, 0.15) is 14.1 Å². The fourth-order valence-corrected chi connectivity index (χ4v) is 1.93. The van der Waals surface area contributed by atoms with Crippen LogP contribution in [0.5, 0.6) is 0 Å². The Morgan fingerprint density at radius 1 is 0.800 bits per heavy atom. The van der Waals surface area contributed by atoms with Crippen molar-refractivity contribution in [2.45, 2.75) is 0 Å². The van der Waals surface area contributed by atoms with Crippen molar-refractivity contribution in [3.63, 3.8) is 0 Å². The Balaban J connectivity index is 2.22. The summed E-state index contributed by atoms with van der Waals surface area (Å²) in [5.74, 6) is 0. The Kier molecular flexibility index (Phi) is 4.67. The first-order chi connectivity index (χ1) is 9.69. The lowest BCUT2D eigenvalue weighted by molar-refractivity contribution is -0.462. The molecule has 0 radical (unpaired) electrons. The molecule has 20 heavy (non-hydrogen) atoms. The van der Waals surface area contributed by atoms with Crippen LogP contribution in [0.15, 0.2) is 72.9 Å². The van der Waals surface area contributed by atoms with Gasteiger partial charge in [0.25, 0.3) is 0 Å². The molecule has 0 fully saturated rings. The second-order valence-electron chi connectivity index (χ2n) is 4.89. The SMILES string of the molecule is C=CC=c1ccc(=CC=C2C=CC(=[N+](C)C)C=C2)cc1. The highest BCUT2D eigenvalue weighted by Crippen LogP contribution is 2.06. The zero-order chi connectivity index (χ0) is 14.4. The lowest BCUT2D eigenvalue weighted by Crippen LogP contribution is -2.09. The second-order valence-corrected chi connectivity index (χ2v) is 4.89. The van der Waals surface area contributed by atoms with Crippen LogP contribution in [0.3, 0.4) is 0 Å². The fraction of sp³-hybridized carbons (Fsp3) is 0.105. The highest BCUT2D eigenvalue weighted by atomic mass is 14.9. The van der Waals surface area contributed by atoms with Gasteiger partial charge in [-0.2, -0.15) is 0 Å². The molecule has 1 aliphatic rings. The topological polar surface area (TPSA) is 3.01 Å². The number of benzene rings is 1. The maximum atomic E-state index is 3.70. The first-order valence-corrected chi connectivity index (χ1v) is 6.70. The molecule has 0 amide bonds. The van der Waals surface area contributed by atoms with E-state index in [0.717, 1.165) is 0 Å². The fourth-order valence-electron chi connectivity index (χ4n) is 1.93. The van der Waals surface area contributed by atoms with Crippen LogP contribution < -0.4 is 10.4 Å². The minimum atomic E-state index is 1.17. The van der Waals surface area contributed by atoms with E-state index in [1.54, 1.807) is 6.08 Å². The van der Waals surface area contributed by atoms with E-state index in [9.17, 15) is 0 Å². The molecule has 0 unspecified atom stereocenters. The molecule has 2 rings (SSSR count). The third-order valence-corrected chi connectivity index (χ3v) is 3.12. The summed E-state index contributed by atoms with van der Waals surface area (Å²) in [6, 6.07) is 8.41. The van der Waals surface area contributed by atoms with Gasteiger partial charge in [0.15, 0.2) is 5.71 Å². The number of allylic oxidation sites excluding steroid dienone is 7. The minimum Gasteiger partial charge on any atom is -0.235 e. The highest BCUT2D eigenvalue weighted by molar-refractivity contribution is 6.02. The molecule has 1 heteroatoms. The van der Waals surface area contributed by atoms with Crippen LogP contribution in [0.4, 0.5) is 0 Å². The molecule has 0 spiro atoms. The normalized spacial score (nSPS) is 13.1. The van der Waals surface area contributed by atoms with Gasteiger partial charge in [-0.05, 0) is 28.2 Å². The lowest BCUT2D eigenvalue weighted by Gasteiger charge is -1.99. The van der Waals surface area contributed by atoms with E-state index in [2.05, 4.69) is 71.9 Å². The molecule has 0 saturated heterocycles. The van der Waals surface area contributed by atoms with Crippen molar-refractivity contribution < 1.29 is 4.58 Å². The molecule has 1 aromatic carbocycles. The summed E-state index contributed by atoms with van der Waals surface area (Å²) in [6.45, 7) is 3.70. The first kappa shape index (κ1) is 14.0. The number of rotatable bonds is 2. The van der Waals surface area contributed by atoms with Gasteiger partial charge in [-0.25, -0.2) is 4.58 Å². The molecular weight excluding hydrogens is 242 g/mol. The summed E-state index contributed by atoms with van der Waals surface area (Å²) in [6.07, 6.45) is 16.6. The Morgan fingerprint density at radius 2 is 1.35 bits per heavy atom. The quantitative estimate of drug-likeness (QED) is 0.719. The molecular formula is C19H20N+. The minimum absolute atomic E-state index is 1.17. The van der Waals surface area contributed by atoms with Crippen LogP contribution in [0.2, 0.25) is 0 Å². The van der Waals surface area contributed by atoms with Gasteiger partial charge in [0, 0.05) is 12.2 Å². The van der Waals surface area contributed by atoms with Crippen LogP contribution in [0, 0.1) is 0 Å². The van der Waals surface area contributed by atoms with Crippen molar-refractivity contribution in [1.29, 1.82) is 0 Å². The van der Waals surface area contributed by atoms with Gasteiger partial charge >= 0.3 is 0 Å². The van der Waals surface area contributed by atoms with Gasteiger partial charge in [0.2, 0.25) is 0 Å².